The largest absolute Gasteiger partial charge is 0.487 e. The summed E-state index contributed by atoms with van der Waals surface area (Å²) in [5, 5.41) is 10.3. The van der Waals surface area contributed by atoms with E-state index in [1.54, 1.807) is 6.07 Å². The maximum absolute atomic E-state index is 11.1. The summed E-state index contributed by atoms with van der Waals surface area (Å²) >= 11 is 12.2. The van der Waals surface area contributed by atoms with Crippen LogP contribution in [0.3, 0.4) is 0 Å². The quantitative estimate of drug-likeness (QED) is 0.912. The first-order valence-corrected chi connectivity index (χ1v) is 8.05. The third-order valence-electron chi connectivity index (χ3n) is 4.08. The third-order valence-corrected chi connectivity index (χ3v) is 4.58. The predicted molar refractivity (Wildman–Crippen MR) is 86.7 cm³/mol. The molecule has 2 aliphatic rings. The fraction of sp³-hybridized carbons (Fsp3) is 0.438. The molecule has 6 heteroatoms. The van der Waals surface area contributed by atoms with E-state index in [-0.39, 0.29) is 5.92 Å². The lowest BCUT2D eigenvalue weighted by Crippen LogP contribution is -2.40. The fourth-order valence-electron chi connectivity index (χ4n) is 3.05. The molecule has 1 atom stereocenters. The summed E-state index contributed by atoms with van der Waals surface area (Å²) in [6, 6.07) is 3.50. The van der Waals surface area contributed by atoms with Crippen molar-refractivity contribution in [2.75, 3.05) is 26.2 Å². The van der Waals surface area contributed by atoms with Gasteiger partial charge in [-0.25, -0.2) is 0 Å². The number of hydrogen-bond acceptors (Lipinski definition) is 3. The molecule has 1 saturated heterocycles. The number of likely N-dealkylation sites (tertiary alicyclic amines) is 1. The fourth-order valence-corrected chi connectivity index (χ4v) is 3.61. The number of carboxylic acid groups (broad SMARTS) is 1. The highest BCUT2D eigenvalue weighted by molar-refractivity contribution is 6.36. The molecule has 1 N–H and O–H groups in total. The normalized spacial score (nSPS) is 21.7. The van der Waals surface area contributed by atoms with Gasteiger partial charge in [-0.15, -0.1) is 0 Å². The highest BCUT2D eigenvalue weighted by Crippen LogP contribution is 2.36. The summed E-state index contributed by atoms with van der Waals surface area (Å²) in [4.78, 5) is 13.3. The Morgan fingerprint density at radius 2 is 2.23 bits per heavy atom. The summed E-state index contributed by atoms with van der Waals surface area (Å²) in [7, 11) is 0. The molecule has 118 valence electrons. The van der Waals surface area contributed by atoms with Crippen LogP contribution in [-0.4, -0.2) is 42.2 Å². The van der Waals surface area contributed by atoms with Crippen LogP contribution in [0.1, 0.15) is 18.4 Å². The van der Waals surface area contributed by atoms with Crippen molar-refractivity contribution >= 4 is 35.2 Å². The number of fused-ring (bicyclic) bond motifs is 1. The number of hydrogen-bond donors (Lipinski definition) is 1. The maximum Gasteiger partial charge on any atom is 0.307 e. The van der Waals surface area contributed by atoms with Gasteiger partial charge in [0.2, 0.25) is 0 Å². The van der Waals surface area contributed by atoms with Crippen LogP contribution in [0, 0.1) is 5.92 Å². The Labute approximate surface area is 139 Å². The van der Waals surface area contributed by atoms with E-state index in [0.717, 1.165) is 30.5 Å². The molecule has 1 unspecified atom stereocenters. The van der Waals surface area contributed by atoms with E-state index in [2.05, 4.69) is 4.90 Å². The summed E-state index contributed by atoms with van der Waals surface area (Å²) in [5.41, 5.74) is 1.99. The van der Waals surface area contributed by atoms with Crippen LogP contribution in [0.15, 0.2) is 17.7 Å². The molecular formula is C16H17Cl2NO3. The number of ether oxygens (including phenoxy) is 1. The topological polar surface area (TPSA) is 49.8 Å². The summed E-state index contributed by atoms with van der Waals surface area (Å²) in [5.74, 6) is -0.311. The summed E-state index contributed by atoms with van der Waals surface area (Å²) < 4.78 is 5.74. The third kappa shape index (κ3) is 3.40. The van der Waals surface area contributed by atoms with Crippen molar-refractivity contribution in [3.63, 3.8) is 0 Å². The van der Waals surface area contributed by atoms with E-state index in [1.165, 1.54) is 0 Å². The van der Waals surface area contributed by atoms with Crippen LogP contribution in [0.25, 0.3) is 6.08 Å². The number of carbonyl (C=O) groups is 1. The van der Waals surface area contributed by atoms with Crippen molar-refractivity contribution in [2.45, 2.75) is 12.8 Å². The maximum atomic E-state index is 11.1. The van der Waals surface area contributed by atoms with Crippen LogP contribution in [0.4, 0.5) is 0 Å². The molecule has 22 heavy (non-hydrogen) atoms. The number of piperidine rings is 1. The molecule has 0 aliphatic carbocycles. The van der Waals surface area contributed by atoms with Crippen molar-refractivity contribution in [1.29, 1.82) is 0 Å². The number of rotatable bonds is 3. The molecular weight excluding hydrogens is 325 g/mol. The SMILES string of the molecule is O=C(O)C1CCCN(CC2=Cc3cc(Cl)cc(Cl)c3OC2)C1. The van der Waals surface area contributed by atoms with Gasteiger partial charge in [-0.2, -0.15) is 0 Å². The number of halogens is 2. The molecule has 0 amide bonds. The van der Waals surface area contributed by atoms with E-state index in [1.807, 2.05) is 12.1 Å². The Morgan fingerprint density at radius 3 is 3.00 bits per heavy atom. The van der Waals surface area contributed by atoms with Gasteiger partial charge in [0.15, 0.2) is 0 Å². The van der Waals surface area contributed by atoms with E-state index >= 15 is 0 Å². The highest BCUT2D eigenvalue weighted by Gasteiger charge is 2.26. The van der Waals surface area contributed by atoms with Gasteiger partial charge in [-0.05, 0) is 43.2 Å². The average Bonchev–Trinajstić information content (AvgIpc) is 2.47. The molecule has 4 nitrogen and oxygen atoms in total. The van der Waals surface area contributed by atoms with E-state index < -0.39 is 5.97 Å². The summed E-state index contributed by atoms with van der Waals surface area (Å²) in [6.45, 7) is 2.70. The van der Waals surface area contributed by atoms with Crippen molar-refractivity contribution in [3.05, 3.63) is 33.3 Å². The first-order valence-electron chi connectivity index (χ1n) is 7.29. The molecule has 0 aromatic heterocycles. The second-order valence-electron chi connectivity index (χ2n) is 5.81. The molecule has 1 aromatic rings. The first kappa shape index (κ1) is 15.7. The zero-order valence-corrected chi connectivity index (χ0v) is 13.5. The second-order valence-corrected chi connectivity index (χ2v) is 6.65. The molecule has 1 aromatic carbocycles. The van der Waals surface area contributed by atoms with Crippen LogP contribution >= 0.6 is 23.2 Å². The minimum atomic E-state index is -0.706. The van der Waals surface area contributed by atoms with Crippen molar-refractivity contribution in [2.24, 2.45) is 5.92 Å². The van der Waals surface area contributed by atoms with E-state index in [4.69, 9.17) is 33.0 Å². The van der Waals surface area contributed by atoms with Gasteiger partial charge in [-0.1, -0.05) is 23.2 Å². The van der Waals surface area contributed by atoms with Gasteiger partial charge >= 0.3 is 5.97 Å². The monoisotopic (exact) mass is 341 g/mol. The highest BCUT2D eigenvalue weighted by atomic mass is 35.5. The molecule has 0 radical (unpaired) electrons. The molecule has 2 aliphatic heterocycles. The number of nitrogens with zero attached hydrogens (tertiary/aromatic N) is 1. The second kappa shape index (κ2) is 6.49. The van der Waals surface area contributed by atoms with Crippen LogP contribution < -0.4 is 4.74 Å². The van der Waals surface area contributed by atoms with Crippen LogP contribution in [-0.2, 0) is 4.79 Å². The van der Waals surface area contributed by atoms with Gasteiger partial charge in [0.25, 0.3) is 0 Å². The number of carboxylic acids is 1. The number of benzene rings is 1. The zero-order valence-electron chi connectivity index (χ0n) is 12.0. The molecule has 3 rings (SSSR count). The van der Waals surface area contributed by atoms with E-state index in [0.29, 0.717) is 35.5 Å². The minimum Gasteiger partial charge on any atom is -0.487 e. The molecule has 0 saturated carbocycles. The van der Waals surface area contributed by atoms with Crippen LogP contribution in [0.5, 0.6) is 5.75 Å². The Kier molecular flexibility index (Phi) is 4.62. The van der Waals surface area contributed by atoms with Gasteiger partial charge < -0.3 is 9.84 Å². The Morgan fingerprint density at radius 1 is 1.41 bits per heavy atom. The van der Waals surface area contributed by atoms with Crippen molar-refractivity contribution < 1.29 is 14.6 Å². The predicted octanol–water partition coefficient (Wildman–Crippen LogP) is 3.57. The van der Waals surface area contributed by atoms with Crippen LogP contribution in [0.2, 0.25) is 10.0 Å². The average molecular weight is 342 g/mol. The first-order chi connectivity index (χ1) is 10.5. The molecule has 2 heterocycles. The lowest BCUT2D eigenvalue weighted by Gasteiger charge is -2.32. The lowest BCUT2D eigenvalue weighted by molar-refractivity contribution is -0.143. The minimum absolute atomic E-state index is 0.268. The van der Waals surface area contributed by atoms with Crippen molar-refractivity contribution in [3.8, 4) is 5.75 Å². The van der Waals surface area contributed by atoms with Gasteiger partial charge in [0.05, 0.1) is 10.9 Å². The molecule has 0 bridgehead atoms. The Hall–Kier alpha value is -1.23. The van der Waals surface area contributed by atoms with Crippen molar-refractivity contribution in [1.82, 2.24) is 4.90 Å². The zero-order chi connectivity index (χ0) is 15.7. The van der Waals surface area contributed by atoms with Gasteiger partial charge in [-0.3, -0.25) is 9.69 Å². The molecule has 1 fully saturated rings. The van der Waals surface area contributed by atoms with Gasteiger partial charge in [0.1, 0.15) is 12.4 Å². The Bertz CT molecular complexity index is 630. The van der Waals surface area contributed by atoms with Gasteiger partial charge in [0, 0.05) is 23.7 Å². The lowest BCUT2D eigenvalue weighted by atomic mass is 9.97. The standard InChI is InChI=1S/C16H17Cl2NO3/c17-13-5-12-4-10(9-22-15(12)14(18)6-13)7-19-3-1-2-11(8-19)16(20)21/h4-6,11H,1-3,7-9H2,(H,20,21). The summed E-state index contributed by atoms with van der Waals surface area (Å²) in [6.07, 6.45) is 3.72. The number of aliphatic carboxylic acids is 1. The Balaban J connectivity index is 1.73. The molecule has 0 spiro atoms. The van der Waals surface area contributed by atoms with E-state index in [9.17, 15) is 4.79 Å². The smallest absolute Gasteiger partial charge is 0.307 e.